The van der Waals surface area contributed by atoms with Crippen molar-refractivity contribution < 1.29 is 17.6 Å². The van der Waals surface area contributed by atoms with E-state index < -0.39 is 23.5 Å². The molecule has 1 aliphatic heterocycles. The summed E-state index contributed by atoms with van der Waals surface area (Å²) in [4.78, 5) is 6.16. The number of rotatable bonds is 4. The largest absolute Gasteiger partial charge is 0.416 e. The average molecular weight is 407 g/mol. The van der Waals surface area contributed by atoms with E-state index in [1.165, 1.54) is 16.8 Å². The fourth-order valence-electron chi connectivity index (χ4n) is 3.69. The fourth-order valence-corrected chi connectivity index (χ4v) is 3.69. The van der Waals surface area contributed by atoms with Crippen LogP contribution >= 0.6 is 0 Å². The Balaban J connectivity index is 1.65. The van der Waals surface area contributed by atoms with Crippen molar-refractivity contribution in [2.45, 2.75) is 31.2 Å². The second-order valence-electron chi connectivity index (χ2n) is 7.60. The minimum atomic E-state index is -4.43. The lowest BCUT2D eigenvalue weighted by Crippen LogP contribution is -2.43. The minimum absolute atomic E-state index is 0.337. The van der Waals surface area contributed by atoms with Gasteiger partial charge in [0, 0.05) is 18.7 Å². The summed E-state index contributed by atoms with van der Waals surface area (Å²) in [6.45, 7) is 2.80. The number of nitrogens with zero attached hydrogens (tertiary/aromatic N) is 4. The molecule has 0 amide bonds. The van der Waals surface area contributed by atoms with E-state index in [1.807, 2.05) is 11.9 Å². The third-order valence-corrected chi connectivity index (χ3v) is 5.43. The fraction of sp³-hybridized carbons (Fsp3) is 0.400. The molecule has 0 aliphatic carbocycles. The van der Waals surface area contributed by atoms with Crippen molar-refractivity contribution in [3.63, 3.8) is 0 Å². The van der Waals surface area contributed by atoms with E-state index in [9.17, 15) is 13.2 Å². The van der Waals surface area contributed by atoms with Gasteiger partial charge in [-0.15, -0.1) is 5.10 Å². The summed E-state index contributed by atoms with van der Waals surface area (Å²) in [6, 6.07) is 7.94. The third-order valence-electron chi connectivity index (χ3n) is 5.43. The van der Waals surface area contributed by atoms with Crippen LogP contribution < -0.4 is 5.32 Å². The lowest BCUT2D eigenvalue weighted by atomic mass is 9.97. The molecule has 0 radical (unpaired) electrons. The molecule has 0 saturated carbocycles. The molecule has 154 valence electrons. The first-order valence-corrected chi connectivity index (χ1v) is 9.32. The van der Waals surface area contributed by atoms with Crippen LogP contribution in [0.5, 0.6) is 0 Å². The van der Waals surface area contributed by atoms with Crippen LogP contribution in [0.15, 0.2) is 42.6 Å². The molecule has 5 nitrogen and oxygen atoms in total. The molecule has 9 heteroatoms. The molecule has 1 aromatic carbocycles. The molecule has 29 heavy (non-hydrogen) atoms. The lowest BCUT2D eigenvalue weighted by molar-refractivity contribution is -0.137. The van der Waals surface area contributed by atoms with Gasteiger partial charge in [0.05, 0.1) is 23.5 Å². The van der Waals surface area contributed by atoms with Crippen LogP contribution in [-0.4, -0.2) is 51.3 Å². The Labute approximate surface area is 165 Å². The van der Waals surface area contributed by atoms with Crippen molar-refractivity contribution in [1.29, 1.82) is 0 Å². The molecule has 2 aromatic heterocycles. The Hall–Kier alpha value is -2.68. The lowest BCUT2D eigenvalue weighted by Gasteiger charge is -2.28. The normalized spacial score (nSPS) is 21.6. The van der Waals surface area contributed by atoms with Gasteiger partial charge in [0.25, 0.3) is 0 Å². The highest BCUT2D eigenvalue weighted by Gasteiger charge is 2.42. The second kappa shape index (κ2) is 6.98. The number of likely N-dealkylation sites (tertiary alicyclic amines) is 1. The van der Waals surface area contributed by atoms with Crippen LogP contribution in [-0.2, 0) is 6.18 Å². The molecule has 0 spiro atoms. The third kappa shape index (κ3) is 3.78. The van der Waals surface area contributed by atoms with Gasteiger partial charge >= 0.3 is 6.18 Å². The predicted octanol–water partition coefficient (Wildman–Crippen LogP) is 4.26. The van der Waals surface area contributed by atoms with Crippen LogP contribution in [0.2, 0.25) is 0 Å². The zero-order chi connectivity index (χ0) is 20.8. The zero-order valence-electron chi connectivity index (χ0n) is 16.0. The second-order valence-corrected chi connectivity index (χ2v) is 7.60. The van der Waals surface area contributed by atoms with E-state index in [4.69, 9.17) is 0 Å². The Morgan fingerprint density at radius 3 is 2.69 bits per heavy atom. The van der Waals surface area contributed by atoms with Crippen LogP contribution in [0, 0.1) is 0 Å². The Morgan fingerprint density at radius 2 is 2.00 bits per heavy atom. The molecule has 0 bridgehead atoms. The number of nitrogens with one attached hydrogen (secondary N) is 1. The number of imidazole rings is 1. The van der Waals surface area contributed by atoms with Crippen molar-refractivity contribution in [3.05, 3.63) is 48.2 Å². The number of aromatic nitrogens is 3. The van der Waals surface area contributed by atoms with E-state index >= 15 is 4.39 Å². The number of hydrogen-bond acceptors (Lipinski definition) is 4. The van der Waals surface area contributed by atoms with Crippen LogP contribution in [0.4, 0.5) is 23.4 Å². The molecule has 4 rings (SSSR count). The van der Waals surface area contributed by atoms with Crippen molar-refractivity contribution in [3.8, 4) is 11.3 Å². The first kappa shape index (κ1) is 19.6. The number of benzene rings is 1. The molecule has 1 saturated heterocycles. The molecular weight excluding hydrogens is 386 g/mol. The maximum absolute atomic E-state index is 15.1. The quantitative estimate of drug-likeness (QED) is 0.657. The van der Waals surface area contributed by atoms with E-state index in [-0.39, 0.29) is 0 Å². The topological polar surface area (TPSA) is 45.5 Å². The van der Waals surface area contributed by atoms with E-state index in [1.54, 1.807) is 25.1 Å². The molecule has 2 unspecified atom stereocenters. The van der Waals surface area contributed by atoms with Gasteiger partial charge in [0.1, 0.15) is 11.5 Å². The summed E-state index contributed by atoms with van der Waals surface area (Å²) in [5, 5.41) is 7.55. The maximum atomic E-state index is 15.1. The summed E-state index contributed by atoms with van der Waals surface area (Å²) in [6.07, 6.45) is -2.52. The SMILES string of the molecule is CC(Nc1ccc2ncc(-c3cccc(C(F)(F)F)c3)n2n1)C1(F)CCN(C)C1. The van der Waals surface area contributed by atoms with Gasteiger partial charge in [-0.05, 0) is 44.7 Å². The number of fused-ring (bicyclic) bond motifs is 1. The van der Waals surface area contributed by atoms with E-state index in [0.717, 1.165) is 12.1 Å². The first-order valence-electron chi connectivity index (χ1n) is 9.32. The molecular formula is C20H21F4N5. The Bertz CT molecular complexity index is 1030. The summed E-state index contributed by atoms with van der Waals surface area (Å²) in [7, 11) is 1.88. The highest BCUT2D eigenvalue weighted by Crippen LogP contribution is 2.33. The number of hydrogen-bond donors (Lipinski definition) is 1. The monoisotopic (exact) mass is 407 g/mol. The summed E-state index contributed by atoms with van der Waals surface area (Å²) in [5.74, 6) is 0.433. The van der Waals surface area contributed by atoms with Gasteiger partial charge in [0.15, 0.2) is 5.65 Å². The number of anilines is 1. The number of alkyl halides is 4. The van der Waals surface area contributed by atoms with Crippen molar-refractivity contribution in [2.75, 3.05) is 25.5 Å². The van der Waals surface area contributed by atoms with Crippen LogP contribution in [0.3, 0.4) is 0 Å². The molecule has 1 aliphatic rings. The molecule has 1 N–H and O–H groups in total. The van der Waals surface area contributed by atoms with Crippen molar-refractivity contribution >= 4 is 11.5 Å². The Morgan fingerprint density at radius 1 is 1.21 bits per heavy atom. The summed E-state index contributed by atoms with van der Waals surface area (Å²) < 4.78 is 55.8. The van der Waals surface area contributed by atoms with Crippen LogP contribution in [0.1, 0.15) is 18.9 Å². The van der Waals surface area contributed by atoms with Gasteiger partial charge < -0.3 is 10.2 Å². The van der Waals surface area contributed by atoms with E-state index in [0.29, 0.717) is 42.2 Å². The molecule has 3 heterocycles. The number of halogens is 4. The first-order chi connectivity index (χ1) is 13.7. The predicted molar refractivity (Wildman–Crippen MR) is 102 cm³/mol. The standard InChI is InChI=1S/C20H21F4N5/c1-13(19(21)8-9-28(2)12-19)26-17-6-7-18-25-11-16(29(18)27-17)14-4-3-5-15(10-14)20(22,23)24/h3-7,10-11,13H,8-9,12H2,1-2H3,(H,26,27). The summed E-state index contributed by atoms with van der Waals surface area (Å²) in [5.41, 5.74) is -0.837. The smallest absolute Gasteiger partial charge is 0.363 e. The van der Waals surface area contributed by atoms with Crippen molar-refractivity contribution in [2.24, 2.45) is 0 Å². The zero-order valence-corrected chi connectivity index (χ0v) is 16.0. The molecule has 2 atom stereocenters. The van der Waals surface area contributed by atoms with Crippen molar-refractivity contribution in [1.82, 2.24) is 19.5 Å². The summed E-state index contributed by atoms with van der Waals surface area (Å²) >= 11 is 0. The maximum Gasteiger partial charge on any atom is 0.416 e. The highest BCUT2D eigenvalue weighted by atomic mass is 19.4. The van der Waals surface area contributed by atoms with Gasteiger partial charge in [-0.2, -0.15) is 13.2 Å². The van der Waals surface area contributed by atoms with Gasteiger partial charge in [0.2, 0.25) is 0 Å². The van der Waals surface area contributed by atoms with Gasteiger partial charge in [-0.25, -0.2) is 13.9 Å². The molecule has 1 fully saturated rings. The van der Waals surface area contributed by atoms with Gasteiger partial charge in [-0.1, -0.05) is 12.1 Å². The average Bonchev–Trinajstić information content (AvgIpc) is 3.24. The minimum Gasteiger partial charge on any atom is -0.363 e. The van der Waals surface area contributed by atoms with E-state index in [2.05, 4.69) is 15.4 Å². The Kier molecular flexibility index (Phi) is 4.72. The van der Waals surface area contributed by atoms with Crippen LogP contribution in [0.25, 0.3) is 16.9 Å². The highest BCUT2D eigenvalue weighted by molar-refractivity contribution is 5.64. The van der Waals surface area contributed by atoms with Gasteiger partial charge in [-0.3, -0.25) is 0 Å². The molecule has 3 aromatic rings.